The van der Waals surface area contributed by atoms with Crippen molar-refractivity contribution >= 4 is 11.1 Å². The van der Waals surface area contributed by atoms with Crippen LogP contribution in [0.5, 0.6) is 5.75 Å². The lowest BCUT2D eigenvalue weighted by atomic mass is 10.2. The molecule has 2 N–H and O–H groups in total. The third-order valence-electron chi connectivity index (χ3n) is 1.93. The second-order valence-electron chi connectivity index (χ2n) is 2.80. The summed E-state index contributed by atoms with van der Waals surface area (Å²) >= 11 is 0. The van der Waals surface area contributed by atoms with Gasteiger partial charge in [-0.2, -0.15) is 0 Å². The first kappa shape index (κ1) is 8.07. The number of aromatic hydroxyl groups is 1. The fraction of sp³-hybridized carbons (Fsp3) is 0.222. The lowest BCUT2D eigenvalue weighted by Crippen LogP contribution is -2.04. The first-order valence-corrected chi connectivity index (χ1v) is 4.01. The van der Waals surface area contributed by atoms with Gasteiger partial charge in [-0.25, -0.2) is 4.98 Å². The van der Waals surface area contributed by atoms with E-state index in [0.717, 1.165) is 5.56 Å². The van der Waals surface area contributed by atoms with Gasteiger partial charge in [0.25, 0.3) is 0 Å². The van der Waals surface area contributed by atoms with Gasteiger partial charge in [0.15, 0.2) is 17.5 Å². The molecular weight excluding hydrogens is 168 g/mol. The average molecular weight is 178 g/mol. The number of phenolic OH excluding ortho intramolecular Hbond substituents is 1. The van der Waals surface area contributed by atoms with Gasteiger partial charge in [0.2, 0.25) is 0 Å². The van der Waals surface area contributed by atoms with Gasteiger partial charge in [-0.05, 0) is 13.1 Å². The Morgan fingerprint density at radius 2 is 2.38 bits per heavy atom. The van der Waals surface area contributed by atoms with Crippen molar-refractivity contribution in [3.63, 3.8) is 0 Å². The minimum atomic E-state index is 0.195. The van der Waals surface area contributed by atoms with Crippen LogP contribution in [0.15, 0.2) is 22.9 Å². The standard InChI is InChI=1S/C9H10N2O2/c1-10-4-6-2-3-7-8(9(6)12)11-5-13-7/h2-3,5,10,12H,4H2,1H3. The van der Waals surface area contributed by atoms with Gasteiger partial charge in [-0.1, -0.05) is 6.07 Å². The second-order valence-corrected chi connectivity index (χ2v) is 2.80. The largest absolute Gasteiger partial charge is 0.505 e. The maximum absolute atomic E-state index is 9.71. The predicted molar refractivity (Wildman–Crippen MR) is 48.4 cm³/mol. The lowest BCUT2D eigenvalue weighted by molar-refractivity contribution is 0.471. The summed E-state index contributed by atoms with van der Waals surface area (Å²) in [6, 6.07) is 3.62. The van der Waals surface area contributed by atoms with Crippen LogP contribution >= 0.6 is 0 Å². The molecule has 0 aliphatic heterocycles. The number of benzene rings is 1. The Morgan fingerprint density at radius 3 is 3.15 bits per heavy atom. The van der Waals surface area contributed by atoms with Gasteiger partial charge in [0.1, 0.15) is 5.75 Å². The molecule has 4 nitrogen and oxygen atoms in total. The summed E-state index contributed by atoms with van der Waals surface area (Å²) in [5.74, 6) is 0.195. The maximum Gasteiger partial charge on any atom is 0.182 e. The van der Waals surface area contributed by atoms with Crippen LogP contribution in [0.2, 0.25) is 0 Å². The monoisotopic (exact) mass is 178 g/mol. The summed E-state index contributed by atoms with van der Waals surface area (Å²) in [7, 11) is 1.83. The fourth-order valence-corrected chi connectivity index (χ4v) is 1.29. The molecule has 1 heterocycles. The Bertz CT molecular complexity index is 422. The third kappa shape index (κ3) is 1.25. The highest BCUT2D eigenvalue weighted by Crippen LogP contribution is 2.26. The summed E-state index contributed by atoms with van der Waals surface area (Å²) in [5, 5.41) is 12.7. The van der Waals surface area contributed by atoms with Gasteiger partial charge in [-0.15, -0.1) is 0 Å². The summed E-state index contributed by atoms with van der Waals surface area (Å²) < 4.78 is 5.04. The van der Waals surface area contributed by atoms with Crippen LogP contribution in [0.4, 0.5) is 0 Å². The number of nitrogens with zero attached hydrogens (tertiary/aromatic N) is 1. The van der Waals surface area contributed by atoms with Gasteiger partial charge in [0, 0.05) is 12.1 Å². The van der Waals surface area contributed by atoms with Crippen molar-refractivity contribution in [3.8, 4) is 5.75 Å². The normalized spacial score (nSPS) is 10.8. The van der Waals surface area contributed by atoms with Crippen molar-refractivity contribution in [2.45, 2.75) is 6.54 Å². The SMILES string of the molecule is CNCc1ccc2ocnc2c1O. The average Bonchev–Trinajstić information content (AvgIpc) is 2.58. The molecule has 0 amide bonds. The van der Waals surface area contributed by atoms with Gasteiger partial charge in [0.05, 0.1) is 0 Å². The molecule has 0 saturated carbocycles. The number of aromatic nitrogens is 1. The number of fused-ring (bicyclic) bond motifs is 1. The van der Waals surface area contributed by atoms with Crippen LogP contribution in [0.1, 0.15) is 5.56 Å². The molecule has 0 bridgehead atoms. The number of oxazole rings is 1. The molecule has 68 valence electrons. The smallest absolute Gasteiger partial charge is 0.182 e. The molecule has 0 fully saturated rings. The molecule has 1 aromatic heterocycles. The number of rotatable bonds is 2. The van der Waals surface area contributed by atoms with Gasteiger partial charge in [-0.3, -0.25) is 0 Å². The molecular formula is C9H10N2O2. The van der Waals surface area contributed by atoms with Crippen molar-refractivity contribution in [2.75, 3.05) is 7.05 Å². The van der Waals surface area contributed by atoms with Gasteiger partial charge >= 0.3 is 0 Å². The molecule has 0 unspecified atom stereocenters. The van der Waals surface area contributed by atoms with E-state index in [0.29, 0.717) is 17.6 Å². The van der Waals surface area contributed by atoms with E-state index in [1.54, 1.807) is 6.07 Å². The van der Waals surface area contributed by atoms with Crippen molar-refractivity contribution in [3.05, 3.63) is 24.1 Å². The quantitative estimate of drug-likeness (QED) is 0.726. The van der Waals surface area contributed by atoms with E-state index in [4.69, 9.17) is 4.42 Å². The minimum absolute atomic E-state index is 0.195. The highest BCUT2D eigenvalue weighted by Gasteiger charge is 2.08. The molecule has 0 aliphatic rings. The Hall–Kier alpha value is -1.55. The summed E-state index contributed by atoms with van der Waals surface area (Å²) in [6.07, 6.45) is 1.33. The molecule has 2 aromatic rings. The van der Waals surface area contributed by atoms with Crippen molar-refractivity contribution < 1.29 is 9.52 Å². The van der Waals surface area contributed by atoms with E-state index < -0.39 is 0 Å². The minimum Gasteiger partial charge on any atom is -0.505 e. The van der Waals surface area contributed by atoms with E-state index in [9.17, 15) is 5.11 Å². The number of nitrogens with one attached hydrogen (secondary N) is 1. The van der Waals surface area contributed by atoms with Gasteiger partial charge < -0.3 is 14.8 Å². The summed E-state index contributed by atoms with van der Waals surface area (Å²) in [4.78, 5) is 3.92. The highest BCUT2D eigenvalue weighted by atomic mass is 16.3. The Balaban J connectivity index is 2.59. The molecule has 0 aliphatic carbocycles. The Labute approximate surface area is 75.2 Å². The zero-order valence-electron chi connectivity index (χ0n) is 7.24. The van der Waals surface area contributed by atoms with Crippen molar-refractivity contribution in [1.29, 1.82) is 0 Å². The molecule has 13 heavy (non-hydrogen) atoms. The van der Waals surface area contributed by atoms with E-state index in [1.807, 2.05) is 13.1 Å². The zero-order valence-corrected chi connectivity index (χ0v) is 7.24. The topological polar surface area (TPSA) is 58.3 Å². The molecule has 0 saturated heterocycles. The Kier molecular flexibility index (Phi) is 1.90. The van der Waals surface area contributed by atoms with Crippen LogP contribution < -0.4 is 5.32 Å². The number of phenols is 1. The Morgan fingerprint density at radius 1 is 1.54 bits per heavy atom. The molecule has 4 heteroatoms. The van der Waals surface area contributed by atoms with Crippen LogP contribution in [0, 0.1) is 0 Å². The fourth-order valence-electron chi connectivity index (χ4n) is 1.29. The lowest BCUT2D eigenvalue weighted by Gasteiger charge is -2.02. The van der Waals surface area contributed by atoms with Crippen LogP contribution in [-0.4, -0.2) is 17.1 Å². The summed E-state index contributed by atoms with van der Waals surface area (Å²) in [6.45, 7) is 0.620. The number of hydrogen-bond acceptors (Lipinski definition) is 4. The molecule has 0 radical (unpaired) electrons. The maximum atomic E-state index is 9.71. The highest BCUT2D eigenvalue weighted by molar-refractivity contribution is 5.80. The molecule has 2 rings (SSSR count). The van der Waals surface area contributed by atoms with E-state index in [1.165, 1.54) is 6.39 Å². The third-order valence-corrected chi connectivity index (χ3v) is 1.93. The van der Waals surface area contributed by atoms with Crippen molar-refractivity contribution in [2.24, 2.45) is 0 Å². The first-order chi connectivity index (χ1) is 6.33. The van der Waals surface area contributed by atoms with E-state index >= 15 is 0 Å². The van der Waals surface area contributed by atoms with Crippen LogP contribution in [0.25, 0.3) is 11.1 Å². The van der Waals surface area contributed by atoms with E-state index in [-0.39, 0.29) is 5.75 Å². The predicted octanol–water partition coefficient (Wildman–Crippen LogP) is 1.25. The zero-order chi connectivity index (χ0) is 9.26. The van der Waals surface area contributed by atoms with Crippen molar-refractivity contribution in [1.82, 2.24) is 10.3 Å². The molecule has 0 atom stereocenters. The molecule has 1 aromatic carbocycles. The molecule has 0 spiro atoms. The summed E-state index contributed by atoms with van der Waals surface area (Å²) in [5.41, 5.74) is 1.95. The van der Waals surface area contributed by atoms with Crippen LogP contribution in [0.3, 0.4) is 0 Å². The van der Waals surface area contributed by atoms with Crippen LogP contribution in [-0.2, 0) is 6.54 Å². The van der Waals surface area contributed by atoms with E-state index in [2.05, 4.69) is 10.3 Å². The second kappa shape index (κ2) is 3.06. The first-order valence-electron chi connectivity index (χ1n) is 4.01. The number of hydrogen-bond donors (Lipinski definition) is 2.